The second-order valence-corrected chi connectivity index (χ2v) is 5.95. The summed E-state index contributed by atoms with van der Waals surface area (Å²) in [4.78, 5) is 14.4. The summed E-state index contributed by atoms with van der Waals surface area (Å²) < 4.78 is 13.5. The molecule has 1 fully saturated rings. The Hall–Kier alpha value is -2.71. The highest BCUT2D eigenvalue weighted by Crippen LogP contribution is 2.33. The van der Waals surface area contributed by atoms with E-state index >= 15 is 0 Å². The van der Waals surface area contributed by atoms with Crippen molar-refractivity contribution < 1.29 is 14.3 Å². The molecule has 0 radical (unpaired) electrons. The van der Waals surface area contributed by atoms with Gasteiger partial charge in [-0.15, -0.1) is 0 Å². The van der Waals surface area contributed by atoms with Gasteiger partial charge in [-0.25, -0.2) is 4.39 Å². The quantitative estimate of drug-likeness (QED) is 0.944. The lowest BCUT2D eigenvalue weighted by Gasteiger charge is -2.25. The number of carbonyl (C=O) groups is 1. The zero-order valence-corrected chi connectivity index (χ0v) is 13.0. The molecule has 0 spiro atoms. The fourth-order valence-corrected chi connectivity index (χ4v) is 3.14. The summed E-state index contributed by atoms with van der Waals surface area (Å²) in [6.07, 6.45) is -0.0195. The molecule has 1 aliphatic heterocycles. The van der Waals surface area contributed by atoms with Gasteiger partial charge in [0, 0.05) is 12.1 Å². The molecule has 2 unspecified atom stereocenters. The van der Waals surface area contributed by atoms with Gasteiger partial charge in [0.05, 0.1) is 24.6 Å². The third-order valence-corrected chi connectivity index (χ3v) is 4.23. The predicted octanol–water partition coefficient (Wildman–Crippen LogP) is 2.84. The van der Waals surface area contributed by atoms with Gasteiger partial charge in [-0.3, -0.25) is 4.79 Å². The number of rotatable bonds is 3. The summed E-state index contributed by atoms with van der Waals surface area (Å²) >= 11 is 0. The Balaban J connectivity index is 1.90. The van der Waals surface area contributed by atoms with Crippen LogP contribution >= 0.6 is 0 Å². The van der Waals surface area contributed by atoms with Gasteiger partial charge in [0.15, 0.2) is 0 Å². The van der Waals surface area contributed by atoms with Gasteiger partial charge in [-0.05, 0) is 41.8 Å². The number of benzene rings is 2. The van der Waals surface area contributed by atoms with E-state index in [0.29, 0.717) is 17.5 Å². The zero-order valence-electron chi connectivity index (χ0n) is 13.0. The molecule has 1 N–H and O–H groups in total. The minimum Gasteiger partial charge on any atom is -0.391 e. The Bertz CT molecular complexity index is 800. The monoisotopic (exact) mass is 324 g/mol. The second kappa shape index (κ2) is 6.81. The number of nitriles is 1. The van der Waals surface area contributed by atoms with Crippen molar-refractivity contribution in [2.24, 2.45) is 0 Å². The van der Waals surface area contributed by atoms with Crippen LogP contribution in [0.1, 0.15) is 33.9 Å². The summed E-state index contributed by atoms with van der Waals surface area (Å²) in [5.41, 5.74) is 1.91. The van der Waals surface area contributed by atoms with E-state index in [0.717, 1.165) is 5.56 Å². The van der Waals surface area contributed by atoms with E-state index in [2.05, 4.69) is 6.07 Å². The highest BCUT2D eigenvalue weighted by Gasteiger charge is 2.35. The van der Waals surface area contributed by atoms with Crippen LogP contribution in [0.25, 0.3) is 0 Å². The van der Waals surface area contributed by atoms with Gasteiger partial charge in [0.2, 0.25) is 0 Å². The molecule has 24 heavy (non-hydrogen) atoms. The van der Waals surface area contributed by atoms with Crippen LogP contribution in [0, 0.1) is 17.1 Å². The molecule has 1 heterocycles. The van der Waals surface area contributed by atoms with E-state index in [4.69, 9.17) is 5.26 Å². The first-order valence-electron chi connectivity index (χ1n) is 7.79. The number of aliphatic hydroxyl groups is 1. The maximum absolute atomic E-state index is 13.5. The van der Waals surface area contributed by atoms with Crippen LogP contribution in [0.2, 0.25) is 0 Å². The SMILES string of the molecule is N#CCc1cccc(C(=O)N2CC(O)CC2c2cccc(F)c2)c1. The highest BCUT2D eigenvalue weighted by atomic mass is 19.1. The van der Waals surface area contributed by atoms with Crippen LogP contribution < -0.4 is 0 Å². The predicted molar refractivity (Wildman–Crippen MR) is 86.6 cm³/mol. The van der Waals surface area contributed by atoms with Crippen LogP contribution in [0.3, 0.4) is 0 Å². The number of aliphatic hydroxyl groups excluding tert-OH is 1. The van der Waals surface area contributed by atoms with Gasteiger partial charge in [0.1, 0.15) is 5.82 Å². The first-order valence-corrected chi connectivity index (χ1v) is 7.79. The molecule has 1 saturated heterocycles. The van der Waals surface area contributed by atoms with Crippen molar-refractivity contribution in [2.75, 3.05) is 6.54 Å². The molecule has 0 aromatic heterocycles. The van der Waals surface area contributed by atoms with Crippen LogP contribution in [0.15, 0.2) is 48.5 Å². The Labute approximate surface area is 139 Å². The van der Waals surface area contributed by atoms with E-state index in [1.807, 2.05) is 0 Å². The summed E-state index contributed by atoms with van der Waals surface area (Å²) in [5.74, 6) is -0.585. The average molecular weight is 324 g/mol. The van der Waals surface area contributed by atoms with Crippen molar-refractivity contribution in [2.45, 2.75) is 25.0 Å². The van der Waals surface area contributed by atoms with E-state index in [-0.39, 0.29) is 30.7 Å². The lowest BCUT2D eigenvalue weighted by atomic mass is 10.0. The van der Waals surface area contributed by atoms with Crippen molar-refractivity contribution in [1.82, 2.24) is 4.90 Å². The van der Waals surface area contributed by atoms with E-state index in [1.54, 1.807) is 41.3 Å². The molecule has 1 aliphatic rings. The third-order valence-electron chi connectivity index (χ3n) is 4.23. The van der Waals surface area contributed by atoms with Crippen LogP contribution in [-0.2, 0) is 6.42 Å². The maximum atomic E-state index is 13.5. The molecular weight excluding hydrogens is 307 g/mol. The third kappa shape index (κ3) is 3.29. The molecule has 4 nitrogen and oxygen atoms in total. The molecule has 0 aliphatic carbocycles. The molecule has 122 valence electrons. The summed E-state index contributed by atoms with van der Waals surface area (Å²) in [6.45, 7) is 0.211. The first kappa shape index (κ1) is 16.2. The summed E-state index contributed by atoms with van der Waals surface area (Å²) in [5, 5.41) is 18.8. The molecule has 0 bridgehead atoms. The molecule has 0 saturated carbocycles. The van der Waals surface area contributed by atoms with E-state index in [9.17, 15) is 14.3 Å². The maximum Gasteiger partial charge on any atom is 0.254 e. The lowest BCUT2D eigenvalue weighted by Crippen LogP contribution is -2.31. The van der Waals surface area contributed by atoms with Gasteiger partial charge < -0.3 is 10.0 Å². The standard InChI is InChI=1S/C19H17FN2O2/c20-16-6-2-4-14(10-16)18-11-17(23)12-22(18)19(24)15-5-1-3-13(9-15)7-8-21/h1-6,9-10,17-18,23H,7,11-12H2. The number of amides is 1. The summed E-state index contributed by atoms with van der Waals surface area (Å²) in [7, 11) is 0. The number of likely N-dealkylation sites (tertiary alicyclic amines) is 1. The Morgan fingerprint density at radius 1 is 1.29 bits per heavy atom. The van der Waals surface area contributed by atoms with Gasteiger partial charge in [-0.1, -0.05) is 24.3 Å². The van der Waals surface area contributed by atoms with Crippen molar-refractivity contribution in [3.63, 3.8) is 0 Å². The smallest absolute Gasteiger partial charge is 0.254 e. The molecule has 1 amide bonds. The number of hydrogen-bond acceptors (Lipinski definition) is 3. The number of nitrogens with zero attached hydrogens (tertiary/aromatic N) is 2. The van der Waals surface area contributed by atoms with Crippen LogP contribution in [0.4, 0.5) is 4.39 Å². The minimum absolute atomic E-state index is 0.211. The van der Waals surface area contributed by atoms with Gasteiger partial charge >= 0.3 is 0 Å². The highest BCUT2D eigenvalue weighted by molar-refractivity contribution is 5.95. The Morgan fingerprint density at radius 3 is 2.83 bits per heavy atom. The molecular formula is C19H17FN2O2. The Morgan fingerprint density at radius 2 is 2.08 bits per heavy atom. The zero-order chi connectivity index (χ0) is 17.1. The van der Waals surface area contributed by atoms with E-state index in [1.165, 1.54) is 12.1 Å². The van der Waals surface area contributed by atoms with Crippen LogP contribution in [-0.4, -0.2) is 28.6 Å². The van der Waals surface area contributed by atoms with Crippen molar-refractivity contribution in [3.05, 3.63) is 71.0 Å². The molecule has 5 heteroatoms. The van der Waals surface area contributed by atoms with E-state index < -0.39 is 6.10 Å². The second-order valence-electron chi connectivity index (χ2n) is 5.95. The fourth-order valence-electron chi connectivity index (χ4n) is 3.14. The first-order chi connectivity index (χ1) is 11.6. The number of β-amino-alcohol motifs (C(OH)–C–C–N with tert-alkyl or cyclic N) is 1. The average Bonchev–Trinajstić information content (AvgIpc) is 2.97. The molecule has 2 aromatic carbocycles. The molecule has 2 atom stereocenters. The minimum atomic E-state index is -0.635. The molecule has 3 rings (SSSR count). The van der Waals surface area contributed by atoms with Crippen molar-refractivity contribution in [3.8, 4) is 6.07 Å². The number of carbonyl (C=O) groups excluding carboxylic acids is 1. The van der Waals surface area contributed by atoms with Crippen molar-refractivity contribution in [1.29, 1.82) is 5.26 Å². The number of halogens is 1. The van der Waals surface area contributed by atoms with Crippen molar-refractivity contribution >= 4 is 5.91 Å². The topological polar surface area (TPSA) is 64.3 Å². The summed E-state index contributed by atoms with van der Waals surface area (Å²) in [6, 6.07) is 14.7. The van der Waals surface area contributed by atoms with Gasteiger partial charge in [-0.2, -0.15) is 5.26 Å². The largest absolute Gasteiger partial charge is 0.391 e. The van der Waals surface area contributed by atoms with Crippen LogP contribution in [0.5, 0.6) is 0 Å². The fraction of sp³-hybridized carbons (Fsp3) is 0.263. The normalized spacial score (nSPS) is 20.0. The molecule has 2 aromatic rings. The lowest BCUT2D eigenvalue weighted by molar-refractivity contribution is 0.0715. The Kier molecular flexibility index (Phi) is 4.59. The van der Waals surface area contributed by atoms with Gasteiger partial charge in [0.25, 0.3) is 5.91 Å². The number of hydrogen-bond donors (Lipinski definition) is 1.